The maximum absolute atomic E-state index is 13.0. The van der Waals surface area contributed by atoms with Gasteiger partial charge < -0.3 is 14.4 Å². The van der Waals surface area contributed by atoms with Gasteiger partial charge in [-0.05, 0) is 53.8 Å². The summed E-state index contributed by atoms with van der Waals surface area (Å²) >= 11 is 0. The van der Waals surface area contributed by atoms with Gasteiger partial charge in [0.1, 0.15) is 5.75 Å². The SMILES string of the molecule is COc1ccc(/C=C2\CCc3c2nc2ccccc2c3C(=O)OCC(=O)N(C)C)cc1. The lowest BCUT2D eigenvalue weighted by Crippen LogP contribution is -2.27. The van der Waals surface area contributed by atoms with E-state index >= 15 is 0 Å². The van der Waals surface area contributed by atoms with Crippen LogP contribution in [-0.4, -0.2) is 49.6 Å². The average molecular weight is 416 g/mol. The van der Waals surface area contributed by atoms with Crippen molar-refractivity contribution in [2.45, 2.75) is 12.8 Å². The molecule has 2 aromatic carbocycles. The first-order valence-corrected chi connectivity index (χ1v) is 10.1. The van der Waals surface area contributed by atoms with Gasteiger partial charge in [-0.15, -0.1) is 0 Å². The van der Waals surface area contributed by atoms with Gasteiger partial charge in [0.15, 0.2) is 6.61 Å². The summed E-state index contributed by atoms with van der Waals surface area (Å²) in [5.74, 6) is 0.0505. The molecule has 1 amide bonds. The van der Waals surface area contributed by atoms with Gasteiger partial charge in [0, 0.05) is 19.5 Å². The number of esters is 1. The number of carbonyl (C=O) groups is 2. The Hall–Kier alpha value is -3.67. The van der Waals surface area contributed by atoms with Gasteiger partial charge >= 0.3 is 5.97 Å². The number of allylic oxidation sites excluding steroid dienone is 1. The topological polar surface area (TPSA) is 68.7 Å². The molecule has 0 aliphatic heterocycles. The molecule has 6 heteroatoms. The molecule has 0 spiro atoms. The first-order chi connectivity index (χ1) is 15.0. The van der Waals surface area contributed by atoms with E-state index in [4.69, 9.17) is 14.5 Å². The lowest BCUT2D eigenvalue weighted by molar-refractivity contribution is -0.131. The van der Waals surface area contributed by atoms with Gasteiger partial charge in [-0.1, -0.05) is 30.3 Å². The summed E-state index contributed by atoms with van der Waals surface area (Å²) in [7, 11) is 4.90. The van der Waals surface area contributed by atoms with Crippen LogP contribution in [0.2, 0.25) is 0 Å². The molecular formula is C25H24N2O4. The van der Waals surface area contributed by atoms with Crippen molar-refractivity contribution in [3.8, 4) is 5.75 Å². The van der Waals surface area contributed by atoms with Crippen LogP contribution in [-0.2, 0) is 16.0 Å². The zero-order chi connectivity index (χ0) is 22.0. The number of aromatic nitrogens is 1. The molecule has 0 fully saturated rings. The Balaban J connectivity index is 1.75. The van der Waals surface area contributed by atoms with Crippen molar-refractivity contribution in [2.24, 2.45) is 0 Å². The van der Waals surface area contributed by atoms with Crippen molar-refractivity contribution in [1.82, 2.24) is 9.88 Å². The van der Waals surface area contributed by atoms with Gasteiger partial charge in [-0.25, -0.2) is 9.78 Å². The number of amides is 1. The highest BCUT2D eigenvalue weighted by Crippen LogP contribution is 2.37. The van der Waals surface area contributed by atoms with Crippen LogP contribution in [0.15, 0.2) is 48.5 Å². The molecule has 0 radical (unpaired) electrons. The first kappa shape index (κ1) is 20.6. The zero-order valence-electron chi connectivity index (χ0n) is 17.8. The van der Waals surface area contributed by atoms with E-state index in [2.05, 4.69) is 6.08 Å². The van der Waals surface area contributed by atoms with E-state index in [-0.39, 0.29) is 12.5 Å². The number of carbonyl (C=O) groups excluding carboxylic acids is 2. The fraction of sp³-hybridized carbons (Fsp3) is 0.240. The van der Waals surface area contributed by atoms with E-state index in [9.17, 15) is 9.59 Å². The molecule has 0 atom stereocenters. The molecule has 0 saturated carbocycles. The summed E-state index contributed by atoms with van der Waals surface area (Å²) in [6.07, 6.45) is 3.57. The number of rotatable bonds is 5. The van der Waals surface area contributed by atoms with Gasteiger partial charge in [-0.2, -0.15) is 0 Å². The molecule has 0 saturated heterocycles. The third kappa shape index (κ3) is 4.14. The Kier molecular flexibility index (Phi) is 5.71. The Morgan fingerprint density at radius 1 is 1.06 bits per heavy atom. The molecule has 1 aliphatic carbocycles. The number of pyridine rings is 1. The van der Waals surface area contributed by atoms with Crippen molar-refractivity contribution in [3.63, 3.8) is 0 Å². The third-order valence-corrected chi connectivity index (χ3v) is 5.43. The zero-order valence-corrected chi connectivity index (χ0v) is 17.8. The predicted molar refractivity (Wildman–Crippen MR) is 120 cm³/mol. The fourth-order valence-electron chi connectivity index (χ4n) is 3.74. The van der Waals surface area contributed by atoms with E-state index in [0.717, 1.165) is 45.5 Å². The van der Waals surface area contributed by atoms with E-state index < -0.39 is 5.97 Å². The molecule has 158 valence electrons. The van der Waals surface area contributed by atoms with Crippen LogP contribution in [0.5, 0.6) is 5.75 Å². The average Bonchev–Trinajstić information content (AvgIpc) is 3.17. The summed E-state index contributed by atoms with van der Waals surface area (Å²) in [5, 5.41) is 0.745. The summed E-state index contributed by atoms with van der Waals surface area (Å²) in [4.78, 5) is 31.2. The summed E-state index contributed by atoms with van der Waals surface area (Å²) < 4.78 is 10.6. The van der Waals surface area contributed by atoms with Gasteiger partial charge in [-0.3, -0.25) is 4.79 Å². The minimum atomic E-state index is -0.490. The van der Waals surface area contributed by atoms with Crippen LogP contribution in [0.1, 0.15) is 33.6 Å². The second-order valence-electron chi connectivity index (χ2n) is 7.64. The molecule has 4 rings (SSSR count). The summed E-state index contributed by atoms with van der Waals surface area (Å²) in [5.41, 5.74) is 5.05. The number of benzene rings is 2. The van der Waals surface area contributed by atoms with Crippen LogP contribution in [0.3, 0.4) is 0 Å². The number of hydrogen-bond acceptors (Lipinski definition) is 5. The first-order valence-electron chi connectivity index (χ1n) is 10.1. The van der Waals surface area contributed by atoms with Crippen LogP contribution >= 0.6 is 0 Å². The predicted octanol–water partition coefficient (Wildman–Crippen LogP) is 3.98. The molecular weight excluding hydrogens is 392 g/mol. The van der Waals surface area contributed by atoms with Gasteiger partial charge in [0.25, 0.3) is 5.91 Å². The number of nitrogens with zero attached hydrogens (tertiary/aromatic N) is 2. The monoisotopic (exact) mass is 416 g/mol. The van der Waals surface area contributed by atoms with Crippen molar-refractivity contribution < 1.29 is 19.1 Å². The smallest absolute Gasteiger partial charge is 0.339 e. The number of hydrogen-bond donors (Lipinski definition) is 0. The molecule has 1 heterocycles. The van der Waals surface area contributed by atoms with E-state index in [1.807, 2.05) is 48.5 Å². The van der Waals surface area contributed by atoms with Crippen molar-refractivity contribution in [3.05, 3.63) is 70.9 Å². The lowest BCUT2D eigenvalue weighted by Gasteiger charge is -2.14. The van der Waals surface area contributed by atoms with E-state index in [1.54, 1.807) is 21.2 Å². The van der Waals surface area contributed by atoms with Crippen LogP contribution < -0.4 is 4.74 Å². The number of methoxy groups -OCH3 is 1. The Bertz CT molecular complexity index is 1180. The van der Waals surface area contributed by atoms with Crippen LogP contribution in [0.4, 0.5) is 0 Å². The second kappa shape index (κ2) is 8.60. The summed E-state index contributed by atoms with van der Waals surface area (Å²) in [6, 6.07) is 15.4. The van der Waals surface area contributed by atoms with Gasteiger partial charge in [0.05, 0.1) is 23.9 Å². The minimum absolute atomic E-state index is 0.261. The van der Waals surface area contributed by atoms with Crippen molar-refractivity contribution in [1.29, 1.82) is 0 Å². The molecule has 0 unspecified atom stereocenters. The van der Waals surface area contributed by atoms with E-state index in [1.165, 1.54) is 4.90 Å². The van der Waals surface area contributed by atoms with Crippen LogP contribution in [0.25, 0.3) is 22.6 Å². The Morgan fingerprint density at radius 2 is 1.81 bits per heavy atom. The van der Waals surface area contributed by atoms with E-state index in [0.29, 0.717) is 12.0 Å². The highest BCUT2D eigenvalue weighted by molar-refractivity contribution is 6.07. The molecule has 0 bridgehead atoms. The fourth-order valence-corrected chi connectivity index (χ4v) is 3.74. The number of likely N-dealkylation sites (N-methyl/N-ethyl adjacent to an activating group) is 1. The third-order valence-electron chi connectivity index (χ3n) is 5.43. The second-order valence-corrected chi connectivity index (χ2v) is 7.64. The Morgan fingerprint density at radius 3 is 2.52 bits per heavy atom. The molecule has 6 nitrogen and oxygen atoms in total. The molecule has 3 aromatic rings. The Labute approximate surface area is 181 Å². The minimum Gasteiger partial charge on any atom is -0.497 e. The van der Waals surface area contributed by atoms with Crippen molar-refractivity contribution >= 4 is 34.4 Å². The molecule has 0 N–H and O–H groups in total. The highest BCUT2D eigenvalue weighted by atomic mass is 16.5. The maximum atomic E-state index is 13.0. The molecule has 1 aromatic heterocycles. The largest absolute Gasteiger partial charge is 0.497 e. The number of fused-ring (bicyclic) bond motifs is 2. The number of ether oxygens (including phenoxy) is 2. The number of para-hydroxylation sites is 1. The van der Waals surface area contributed by atoms with Crippen molar-refractivity contribution in [2.75, 3.05) is 27.8 Å². The normalized spacial score (nSPS) is 13.8. The summed E-state index contributed by atoms with van der Waals surface area (Å²) in [6.45, 7) is -0.286. The van der Waals surface area contributed by atoms with Gasteiger partial charge in [0.2, 0.25) is 0 Å². The quantitative estimate of drug-likeness (QED) is 0.589. The molecule has 1 aliphatic rings. The molecule has 31 heavy (non-hydrogen) atoms. The highest BCUT2D eigenvalue weighted by Gasteiger charge is 2.28. The lowest BCUT2D eigenvalue weighted by atomic mass is 10.0. The standard InChI is InChI=1S/C25H24N2O4/c1-27(2)22(28)15-31-25(29)23-19-6-4-5-7-21(19)26-24-17(10-13-20(23)24)14-16-8-11-18(30-3)12-9-16/h4-9,11-12,14H,10,13,15H2,1-3H3/b17-14+. The maximum Gasteiger partial charge on any atom is 0.339 e. The van der Waals surface area contributed by atoms with Crippen LogP contribution in [0, 0.1) is 0 Å².